The van der Waals surface area contributed by atoms with Crippen LogP contribution < -0.4 is 0 Å². The van der Waals surface area contributed by atoms with Crippen LogP contribution >= 0.6 is 0 Å². The van der Waals surface area contributed by atoms with E-state index in [0.717, 1.165) is 0 Å². The van der Waals surface area contributed by atoms with Gasteiger partial charge in [-0.3, -0.25) is 14.6 Å². The van der Waals surface area contributed by atoms with Crippen molar-refractivity contribution in [2.45, 2.75) is 19.4 Å². The molecule has 17 heavy (non-hydrogen) atoms. The van der Waals surface area contributed by atoms with E-state index in [1.807, 2.05) is 0 Å². The van der Waals surface area contributed by atoms with Crippen LogP contribution in [0.4, 0.5) is 0 Å². The van der Waals surface area contributed by atoms with Crippen LogP contribution in [0.15, 0.2) is 24.5 Å². The monoisotopic (exact) mass is 234 g/mol. The number of carbonyl (C=O) groups is 2. The lowest BCUT2D eigenvalue weighted by atomic mass is 10.0. The van der Waals surface area contributed by atoms with E-state index in [2.05, 4.69) is 4.98 Å². The lowest BCUT2D eigenvalue weighted by Crippen LogP contribution is -2.37. The van der Waals surface area contributed by atoms with Crippen LogP contribution in [0.25, 0.3) is 0 Å². The van der Waals surface area contributed by atoms with Gasteiger partial charge in [-0.15, -0.1) is 0 Å². The minimum Gasteiger partial charge on any atom is -0.481 e. The Labute approximate surface area is 99.1 Å². The second-order valence-electron chi connectivity index (χ2n) is 4.21. The van der Waals surface area contributed by atoms with Crippen molar-refractivity contribution < 1.29 is 14.7 Å². The van der Waals surface area contributed by atoms with E-state index in [9.17, 15) is 9.59 Å². The maximum Gasteiger partial charge on any atom is 0.308 e. The first-order chi connectivity index (χ1) is 8.11. The third-order valence-electron chi connectivity index (χ3n) is 3.24. The first kappa shape index (κ1) is 11.6. The molecule has 0 aliphatic carbocycles. The molecule has 2 heterocycles. The Bertz CT molecular complexity index is 433. The van der Waals surface area contributed by atoms with Gasteiger partial charge >= 0.3 is 5.97 Å². The number of rotatable bonds is 2. The maximum atomic E-state index is 12.1. The van der Waals surface area contributed by atoms with Gasteiger partial charge in [0.15, 0.2) is 0 Å². The van der Waals surface area contributed by atoms with Crippen LogP contribution in [0.2, 0.25) is 0 Å². The van der Waals surface area contributed by atoms with Gasteiger partial charge in [0.2, 0.25) is 0 Å². The van der Waals surface area contributed by atoms with Crippen LogP contribution in [0.3, 0.4) is 0 Å². The molecular weight excluding hydrogens is 220 g/mol. The number of nitrogens with zero attached hydrogens (tertiary/aromatic N) is 2. The Balaban J connectivity index is 2.15. The summed E-state index contributed by atoms with van der Waals surface area (Å²) in [6, 6.07) is 3.12. The molecule has 2 rings (SSSR count). The van der Waals surface area contributed by atoms with Crippen LogP contribution in [0, 0.1) is 5.92 Å². The molecule has 1 fully saturated rings. The topological polar surface area (TPSA) is 70.5 Å². The molecule has 1 aromatic heterocycles. The summed E-state index contributed by atoms with van der Waals surface area (Å²) in [5.74, 6) is -1.44. The van der Waals surface area contributed by atoms with Gasteiger partial charge in [-0.1, -0.05) is 0 Å². The van der Waals surface area contributed by atoms with Crippen LogP contribution in [0.5, 0.6) is 0 Å². The van der Waals surface area contributed by atoms with E-state index in [1.54, 1.807) is 30.2 Å². The molecule has 0 aromatic carbocycles. The predicted octanol–water partition coefficient (Wildman–Crippen LogP) is 1.02. The number of carboxylic acid groups (broad SMARTS) is 1. The van der Waals surface area contributed by atoms with Gasteiger partial charge in [-0.25, -0.2) is 0 Å². The molecule has 2 atom stereocenters. The smallest absolute Gasteiger partial charge is 0.308 e. The Hall–Kier alpha value is -1.91. The van der Waals surface area contributed by atoms with Crippen molar-refractivity contribution in [3.05, 3.63) is 30.1 Å². The minimum absolute atomic E-state index is 0.144. The average molecular weight is 234 g/mol. The number of carbonyl (C=O) groups excluding carboxylic acids is 1. The van der Waals surface area contributed by atoms with E-state index in [4.69, 9.17) is 5.11 Å². The summed E-state index contributed by atoms with van der Waals surface area (Å²) in [6.07, 6.45) is 3.62. The average Bonchev–Trinajstić information content (AvgIpc) is 2.71. The second kappa shape index (κ2) is 4.53. The molecular formula is C12H14N2O3. The maximum absolute atomic E-state index is 12.1. The number of amides is 1. The number of hydrogen-bond donors (Lipinski definition) is 1. The van der Waals surface area contributed by atoms with E-state index in [0.29, 0.717) is 18.5 Å². The molecule has 0 spiro atoms. The fourth-order valence-corrected chi connectivity index (χ4v) is 2.21. The first-order valence-electron chi connectivity index (χ1n) is 5.55. The zero-order chi connectivity index (χ0) is 12.4. The highest BCUT2D eigenvalue weighted by Gasteiger charge is 2.38. The lowest BCUT2D eigenvalue weighted by molar-refractivity contribution is -0.142. The third kappa shape index (κ3) is 2.13. The molecule has 1 amide bonds. The first-order valence-corrected chi connectivity index (χ1v) is 5.55. The number of hydrogen-bond acceptors (Lipinski definition) is 3. The van der Waals surface area contributed by atoms with Crippen molar-refractivity contribution in [2.75, 3.05) is 6.54 Å². The summed E-state index contributed by atoms with van der Waals surface area (Å²) in [5, 5.41) is 9.00. The Kier molecular flexibility index (Phi) is 3.08. The van der Waals surface area contributed by atoms with Crippen molar-refractivity contribution in [3.8, 4) is 0 Å². The quantitative estimate of drug-likeness (QED) is 0.829. The Morgan fingerprint density at radius 3 is 2.82 bits per heavy atom. The molecule has 1 aliphatic heterocycles. The van der Waals surface area contributed by atoms with Gasteiger partial charge in [0.25, 0.3) is 5.91 Å². The number of aliphatic carboxylic acids is 1. The summed E-state index contributed by atoms with van der Waals surface area (Å²) in [4.78, 5) is 28.6. The standard InChI is InChI=1S/C12H14N2O3/c1-8-10(12(16)17)4-6-14(8)11(15)9-3-2-5-13-7-9/h2-3,5,7-8,10H,4,6H2,1H3,(H,16,17). The highest BCUT2D eigenvalue weighted by Crippen LogP contribution is 2.25. The van der Waals surface area contributed by atoms with Crippen molar-refractivity contribution in [2.24, 2.45) is 5.92 Å². The summed E-state index contributed by atoms with van der Waals surface area (Å²) < 4.78 is 0. The number of pyridine rings is 1. The summed E-state index contributed by atoms with van der Waals surface area (Å²) in [5.41, 5.74) is 0.505. The molecule has 0 radical (unpaired) electrons. The van der Waals surface area contributed by atoms with Gasteiger partial charge in [0.05, 0.1) is 11.5 Å². The largest absolute Gasteiger partial charge is 0.481 e. The molecule has 1 aromatic rings. The van der Waals surface area contributed by atoms with Gasteiger partial charge in [0, 0.05) is 25.0 Å². The molecule has 90 valence electrons. The highest BCUT2D eigenvalue weighted by atomic mass is 16.4. The van der Waals surface area contributed by atoms with E-state index in [1.165, 1.54) is 6.20 Å². The zero-order valence-corrected chi connectivity index (χ0v) is 9.54. The molecule has 0 saturated carbocycles. The van der Waals surface area contributed by atoms with Crippen molar-refractivity contribution in [3.63, 3.8) is 0 Å². The second-order valence-corrected chi connectivity index (χ2v) is 4.21. The third-order valence-corrected chi connectivity index (χ3v) is 3.24. The number of aromatic nitrogens is 1. The van der Waals surface area contributed by atoms with Gasteiger partial charge in [-0.2, -0.15) is 0 Å². The van der Waals surface area contributed by atoms with E-state index >= 15 is 0 Å². The van der Waals surface area contributed by atoms with Crippen LogP contribution in [-0.2, 0) is 4.79 Å². The molecule has 5 heteroatoms. The number of carboxylic acids is 1. The fraction of sp³-hybridized carbons (Fsp3) is 0.417. The fourth-order valence-electron chi connectivity index (χ4n) is 2.21. The van der Waals surface area contributed by atoms with Crippen LogP contribution in [-0.4, -0.2) is 39.5 Å². The molecule has 5 nitrogen and oxygen atoms in total. The molecule has 1 N–H and O–H groups in total. The molecule has 1 aliphatic rings. The SMILES string of the molecule is CC1C(C(=O)O)CCN1C(=O)c1cccnc1. The molecule has 0 bridgehead atoms. The van der Waals surface area contributed by atoms with E-state index in [-0.39, 0.29) is 11.9 Å². The zero-order valence-electron chi connectivity index (χ0n) is 9.54. The van der Waals surface area contributed by atoms with E-state index < -0.39 is 11.9 Å². The molecule has 2 unspecified atom stereocenters. The molecule has 1 saturated heterocycles. The van der Waals surface area contributed by atoms with Crippen molar-refractivity contribution in [1.82, 2.24) is 9.88 Å². The van der Waals surface area contributed by atoms with Crippen molar-refractivity contribution >= 4 is 11.9 Å². The predicted molar refractivity (Wildman–Crippen MR) is 60.5 cm³/mol. The summed E-state index contributed by atoms with van der Waals surface area (Å²) >= 11 is 0. The number of likely N-dealkylation sites (tertiary alicyclic amines) is 1. The normalized spacial score (nSPS) is 23.7. The summed E-state index contributed by atoms with van der Waals surface area (Å²) in [6.45, 7) is 2.27. The van der Waals surface area contributed by atoms with Crippen molar-refractivity contribution in [1.29, 1.82) is 0 Å². The van der Waals surface area contributed by atoms with Crippen LogP contribution in [0.1, 0.15) is 23.7 Å². The Morgan fingerprint density at radius 1 is 1.53 bits per heavy atom. The minimum atomic E-state index is -0.834. The van der Waals surface area contributed by atoms with Gasteiger partial charge in [0.1, 0.15) is 0 Å². The Morgan fingerprint density at radius 2 is 2.29 bits per heavy atom. The summed E-state index contributed by atoms with van der Waals surface area (Å²) in [7, 11) is 0. The van der Waals surface area contributed by atoms with Gasteiger partial charge in [-0.05, 0) is 25.5 Å². The van der Waals surface area contributed by atoms with Gasteiger partial charge < -0.3 is 10.0 Å². The highest BCUT2D eigenvalue weighted by molar-refractivity contribution is 5.94. The lowest BCUT2D eigenvalue weighted by Gasteiger charge is -2.23.